The fourth-order valence-electron chi connectivity index (χ4n) is 1.76. The Kier molecular flexibility index (Phi) is 3.61. The zero-order valence-corrected chi connectivity index (χ0v) is 11.9. The molecule has 0 N–H and O–H groups in total. The third-order valence-electron chi connectivity index (χ3n) is 2.84. The molecule has 1 aromatic heterocycles. The van der Waals surface area contributed by atoms with Gasteiger partial charge in [0.25, 0.3) is 0 Å². The average Bonchev–Trinajstić information content (AvgIpc) is 2.69. The van der Waals surface area contributed by atoms with Gasteiger partial charge in [0.15, 0.2) is 0 Å². The van der Waals surface area contributed by atoms with Crippen molar-refractivity contribution >= 4 is 10.1 Å². The van der Waals surface area contributed by atoms with Gasteiger partial charge in [-0.2, -0.15) is 8.42 Å². The van der Waals surface area contributed by atoms with Crippen molar-refractivity contribution in [2.45, 2.75) is 32.2 Å². The zero-order chi connectivity index (χ0) is 14.0. The van der Waals surface area contributed by atoms with Crippen molar-refractivity contribution in [1.82, 2.24) is 9.55 Å². The molecule has 1 aromatic carbocycles. The minimum atomic E-state index is -3.81. The second-order valence-corrected chi connectivity index (χ2v) is 5.78. The summed E-state index contributed by atoms with van der Waals surface area (Å²) in [5.41, 5.74) is 0.994. The van der Waals surface area contributed by atoms with E-state index < -0.39 is 10.1 Å². The number of aromatic nitrogens is 2. The van der Waals surface area contributed by atoms with Crippen LogP contribution in [-0.2, 0) is 16.7 Å². The summed E-state index contributed by atoms with van der Waals surface area (Å²) >= 11 is 0. The van der Waals surface area contributed by atoms with Gasteiger partial charge in [-0.1, -0.05) is 17.7 Å². The Morgan fingerprint density at radius 3 is 2.42 bits per heavy atom. The minimum absolute atomic E-state index is 0.139. The molecule has 0 radical (unpaired) electrons. The molecule has 2 rings (SSSR count). The molecule has 0 aliphatic carbocycles. The molecule has 0 aliphatic rings. The van der Waals surface area contributed by atoms with Crippen LogP contribution in [0, 0.1) is 13.8 Å². The van der Waals surface area contributed by atoms with Crippen molar-refractivity contribution in [1.29, 1.82) is 0 Å². The highest BCUT2D eigenvalue weighted by atomic mass is 32.2. The third kappa shape index (κ3) is 2.78. The van der Waals surface area contributed by atoms with Crippen molar-refractivity contribution in [2.75, 3.05) is 0 Å². The van der Waals surface area contributed by atoms with Gasteiger partial charge in [-0.25, -0.2) is 4.98 Å². The zero-order valence-electron chi connectivity index (χ0n) is 11.1. The molecule has 19 heavy (non-hydrogen) atoms. The maximum absolute atomic E-state index is 12.1. The van der Waals surface area contributed by atoms with Crippen LogP contribution in [-0.4, -0.2) is 18.0 Å². The van der Waals surface area contributed by atoms with E-state index in [1.54, 1.807) is 23.6 Å². The second-order valence-electron chi connectivity index (χ2n) is 4.24. The van der Waals surface area contributed by atoms with E-state index in [0.29, 0.717) is 6.54 Å². The number of benzene rings is 1. The van der Waals surface area contributed by atoms with Gasteiger partial charge >= 0.3 is 10.1 Å². The van der Waals surface area contributed by atoms with Crippen LogP contribution in [0.1, 0.15) is 18.3 Å². The van der Waals surface area contributed by atoms with Crippen molar-refractivity contribution in [3.05, 3.63) is 41.9 Å². The molecule has 0 amide bonds. The second kappa shape index (κ2) is 5.05. The van der Waals surface area contributed by atoms with Crippen LogP contribution in [0.2, 0.25) is 0 Å². The number of imidazole rings is 1. The summed E-state index contributed by atoms with van der Waals surface area (Å²) in [5.74, 6) is 0.956. The normalized spacial score (nSPS) is 11.5. The summed E-state index contributed by atoms with van der Waals surface area (Å²) in [6, 6.07) is 6.53. The van der Waals surface area contributed by atoms with Crippen molar-refractivity contribution < 1.29 is 12.6 Å². The molecule has 0 saturated heterocycles. The predicted molar refractivity (Wildman–Crippen MR) is 71.6 cm³/mol. The molecule has 5 nitrogen and oxygen atoms in total. The Morgan fingerprint density at radius 2 is 1.84 bits per heavy atom. The van der Waals surface area contributed by atoms with E-state index in [0.717, 1.165) is 11.4 Å². The van der Waals surface area contributed by atoms with Crippen molar-refractivity contribution in [3.63, 3.8) is 0 Å². The summed E-state index contributed by atoms with van der Waals surface area (Å²) in [6.07, 6.45) is 1.42. The molecule has 0 atom stereocenters. The summed E-state index contributed by atoms with van der Waals surface area (Å²) in [6.45, 7) is 6.20. The molecule has 2 aromatic rings. The number of rotatable bonds is 4. The number of nitrogens with zero attached hydrogens (tertiary/aromatic N) is 2. The van der Waals surface area contributed by atoms with E-state index in [1.807, 2.05) is 13.8 Å². The fourth-order valence-corrected chi connectivity index (χ4v) is 2.69. The lowest BCUT2D eigenvalue weighted by Gasteiger charge is -2.09. The highest BCUT2D eigenvalue weighted by Crippen LogP contribution is 2.20. The molecular weight excluding hydrogens is 264 g/mol. The van der Waals surface area contributed by atoms with E-state index in [-0.39, 0.29) is 10.8 Å². The van der Waals surface area contributed by atoms with E-state index in [2.05, 4.69) is 4.98 Å². The molecule has 0 fully saturated rings. The molecule has 0 saturated carbocycles. The van der Waals surface area contributed by atoms with E-state index in [4.69, 9.17) is 4.18 Å². The van der Waals surface area contributed by atoms with Gasteiger partial charge in [0, 0.05) is 6.54 Å². The van der Waals surface area contributed by atoms with Gasteiger partial charge in [-0.15, -0.1) is 0 Å². The van der Waals surface area contributed by atoms with Crippen LogP contribution in [0.15, 0.2) is 35.4 Å². The predicted octanol–water partition coefficient (Wildman–Crippen LogP) is 2.29. The molecule has 102 valence electrons. The Labute approximate surface area is 113 Å². The van der Waals surface area contributed by atoms with Crippen molar-refractivity contribution in [3.8, 4) is 5.88 Å². The number of hydrogen-bond acceptors (Lipinski definition) is 4. The molecule has 0 aliphatic heterocycles. The molecule has 0 unspecified atom stereocenters. The first-order valence-electron chi connectivity index (χ1n) is 5.97. The summed E-state index contributed by atoms with van der Waals surface area (Å²) in [4.78, 5) is 4.19. The standard InChI is InChI=1S/C13H16N2O3S/c1-4-15-11(3)14-9-13(15)18-19(16,17)12-7-5-10(2)6-8-12/h5-9H,4H2,1-3H3. The molecule has 1 heterocycles. The van der Waals surface area contributed by atoms with Crippen molar-refractivity contribution in [2.24, 2.45) is 0 Å². The maximum atomic E-state index is 12.1. The van der Waals surface area contributed by atoms with Gasteiger partial charge in [0.1, 0.15) is 10.7 Å². The Bertz CT molecular complexity index is 672. The lowest BCUT2D eigenvalue weighted by atomic mass is 10.2. The number of hydrogen-bond donors (Lipinski definition) is 0. The Balaban J connectivity index is 2.33. The van der Waals surface area contributed by atoms with Crippen LogP contribution in [0.3, 0.4) is 0 Å². The quantitative estimate of drug-likeness (QED) is 0.806. The molecule has 6 heteroatoms. The van der Waals surface area contributed by atoms with Gasteiger partial charge in [0.2, 0.25) is 5.88 Å². The summed E-state index contributed by atoms with van der Waals surface area (Å²) in [5, 5.41) is 0. The summed E-state index contributed by atoms with van der Waals surface area (Å²) < 4.78 is 31.1. The molecule has 0 bridgehead atoms. The lowest BCUT2D eigenvalue weighted by Crippen LogP contribution is -2.12. The SMILES string of the molecule is CCn1c(OS(=O)(=O)c2ccc(C)cc2)cnc1C. The molecule has 0 spiro atoms. The van der Waals surface area contributed by atoms with E-state index in [9.17, 15) is 8.42 Å². The van der Waals surface area contributed by atoms with Gasteiger partial charge in [-0.05, 0) is 32.9 Å². The Hall–Kier alpha value is -1.82. The number of aryl methyl sites for hydroxylation is 2. The first-order valence-corrected chi connectivity index (χ1v) is 7.38. The van der Waals surface area contributed by atoms with Crippen LogP contribution in [0.25, 0.3) is 0 Å². The average molecular weight is 280 g/mol. The first-order chi connectivity index (χ1) is 8.94. The minimum Gasteiger partial charge on any atom is -0.358 e. The van der Waals surface area contributed by atoms with Gasteiger partial charge < -0.3 is 4.18 Å². The largest absolute Gasteiger partial charge is 0.358 e. The van der Waals surface area contributed by atoms with Crippen LogP contribution >= 0.6 is 0 Å². The highest BCUT2D eigenvalue weighted by molar-refractivity contribution is 7.87. The summed E-state index contributed by atoms with van der Waals surface area (Å²) in [7, 11) is -3.81. The van der Waals surface area contributed by atoms with Crippen LogP contribution in [0.4, 0.5) is 0 Å². The van der Waals surface area contributed by atoms with Gasteiger partial charge in [-0.3, -0.25) is 4.57 Å². The monoisotopic (exact) mass is 280 g/mol. The lowest BCUT2D eigenvalue weighted by molar-refractivity contribution is 0.455. The highest BCUT2D eigenvalue weighted by Gasteiger charge is 2.19. The van der Waals surface area contributed by atoms with E-state index in [1.165, 1.54) is 18.3 Å². The van der Waals surface area contributed by atoms with E-state index >= 15 is 0 Å². The van der Waals surface area contributed by atoms with Crippen LogP contribution in [0.5, 0.6) is 5.88 Å². The first kappa shape index (κ1) is 13.6. The topological polar surface area (TPSA) is 61.2 Å². The molecular formula is C13H16N2O3S. The maximum Gasteiger partial charge on any atom is 0.340 e. The smallest absolute Gasteiger partial charge is 0.340 e. The van der Waals surface area contributed by atoms with Crippen LogP contribution < -0.4 is 4.18 Å². The third-order valence-corrected chi connectivity index (χ3v) is 4.08. The fraction of sp³-hybridized carbons (Fsp3) is 0.308. The van der Waals surface area contributed by atoms with Gasteiger partial charge in [0.05, 0.1) is 6.20 Å². The Morgan fingerprint density at radius 1 is 1.21 bits per heavy atom.